The maximum Gasteiger partial charge on any atom is 0.0172 e. The Hall–Kier alpha value is -2.28. The maximum absolute atomic E-state index is 2.35. The molecule has 136 valence electrons. The molecule has 0 aliphatic heterocycles. The number of allylic oxidation sites excluding steroid dienone is 3. The zero-order chi connectivity index (χ0) is 18.9. The van der Waals surface area contributed by atoms with E-state index in [1.165, 1.54) is 39.1 Å². The highest BCUT2D eigenvalue weighted by atomic mass is 15.1. The molecular weight excluding hydrogens is 314 g/mol. The molecule has 0 aromatic heterocycles. The van der Waals surface area contributed by atoms with Gasteiger partial charge in [-0.15, -0.1) is 0 Å². The molecule has 0 fully saturated rings. The highest BCUT2D eigenvalue weighted by Gasteiger charge is 2.28. The molecule has 0 radical (unpaired) electrons. The van der Waals surface area contributed by atoms with Crippen LogP contribution in [0.15, 0.2) is 60.3 Å². The van der Waals surface area contributed by atoms with Crippen molar-refractivity contribution in [2.45, 2.75) is 46.0 Å². The third kappa shape index (κ3) is 3.23. The lowest BCUT2D eigenvalue weighted by molar-refractivity contribution is 0.506. The average molecular weight is 346 g/mol. The van der Waals surface area contributed by atoms with Crippen LogP contribution in [0.2, 0.25) is 0 Å². The van der Waals surface area contributed by atoms with E-state index >= 15 is 0 Å². The van der Waals surface area contributed by atoms with E-state index in [2.05, 4.69) is 101 Å². The van der Waals surface area contributed by atoms with E-state index in [1.807, 2.05) is 0 Å². The molecule has 2 aromatic rings. The van der Waals surface area contributed by atoms with E-state index in [0.717, 1.165) is 12.8 Å². The first kappa shape index (κ1) is 18.5. The molecule has 1 nitrogen and oxygen atoms in total. The van der Waals surface area contributed by atoms with Gasteiger partial charge in [-0.05, 0) is 52.8 Å². The number of aryl methyl sites for hydroxylation is 1. The van der Waals surface area contributed by atoms with Crippen molar-refractivity contribution in [3.8, 4) is 0 Å². The van der Waals surface area contributed by atoms with Gasteiger partial charge in [0.25, 0.3) is 0 Å². The molecule has 0 spiro atoms. The summed E-state index contributed by atoms with van der Waals surface area (Å²) in [6, 6.07) is 15.5. The van der Waals surface area contributed by atoms with Crippen molar-refractivity contribution in [3.05, 3.63) is 88.1 Å². The zero-order valence-electron chi connectivity index (χ0n) is 17.1. The number of rotatable bonds is 5. The summed E-state index contributed by atoms with van der Waals surface area (Å²) in [6.45, 7) is 9.24. The lowest BCUT2D eigenvalue weighted by Crippen LogP contribution is -2.22. The average Bonchev–Trinajstić information content (AvgIpc) is 3.11. The van der Waals surface area contributed by atoms with Crippen molar-refractivity contribution in [1.82, 2.24) is 4.90 Å². The van der Waals surface area contributed by atoms with Gasteiger partial charge < -0.3 is 4.90 Å². The van der Waals surface area contributed by atoms with Crippen molar-refractivity contribution in [3.63, 3.8) is 0 Å². The molecule has 0 saturated carbocycles. The van der Waals surface area contributed by atoms with E-state index in [0.29, 0.717) is 0 Å². The lowest BCUT2D eigenvalue weighted by atomic mass is 9.73. The van der Waals surface area contributed by atoms with Crippen molar-refractivity contribution >= 4 is 5.57 Å². The Balaban J connectivity index is 2.10. The van der Waals surface area contributed by atoms with E-state index in [-0.39, 0.29) is 5.41 Å². The topological polar surface area (TPSA) is 3.24 Å². The van der Waals surface area contributed by atoms with Crippen LogP contribution in [-0.2, 0) is 11.8 Å². The van der Waals surface area contributed by atoms with E-state index in [4.69, 9.17) is 0 Å². The summed E-state index contributed by atoms with van der Waals surface area (Å²) in [7, 11) is 4.26. The van der Waals surface area contributed by atoms with Gasteiger partial charge in [-0.2, -0.15) is 0 Å². The van der Waals surface area contributed by atoms with Crippen molar-refractivity contribution in [2.24, 2.45) is 0 Å². The molecule has 1 heteroatoms. The largest absolute Gasteiger partial charge is 0.381 e. The van der Waals surface area contributed by atoms with Gasteiger partial charge in [0.1, 0.15) is 0 Å². The Labute approximate surface area is 159 Å². The van der Waals surface area contributed by atoms with Crippen LogP contribution in [0.25, 0.3) is 5.57 Å². The number of nitrogens with zero attached hydrogens (tertiary/aromatic N) is 1. The highest BCUT2D eigenvalue weighted by molar-refractivity contribution is 5.77. The fourth-order valence-corrected chi connectivity index (χ4v) is 4.16. The monoisotopic (exact) mass is 345 g/mol. The first-order chi connectivity index (χ1) is 12.4. The fourth-order valence-electron chi connectivity index (χ4n) is 4.16. The van der Waals surface area contributed by atoms with Crippen LogP contribution in [0, 0.1) is 6.92 Å². The minimum atomic E-state index is -0.00791. The molecule has 0 N–H and O–H groups in total. The first-order valence-electron chi connectivity index (χ1n) is 9.62. The molecule has 0 atom stereocenters. The van der Waals surface area contributed by atoms with Crippen LogP contribution >= 0.6 is 0 Å². The third-order valence-corrected chi connectivity index (χ3v) is 5.79. The molecular formula is C25H31N. The molecule has 0 amide bonds. The molecule has 0 bridgehead atoms. The first-order valence-corrected chi connectivity index (χ1v) is 9.62. The van der Waals surface area contributed by atoms with Crippen LogP contribution < -0.4 is 0 Å². The van der Waals surface area contributed by atoms with Gasteiger partial charge in [0.2, 0.25) is 0 Å². The van der Waals surface area contributed by atoms with Gasteiger partial charge in [0.15, 0.2) is 0 Å². The molecule has 26 heavy (non-hydrogen) atoms. The van der Waals surface area contributed by atoms with Gasteiger partial charge in [-0.25, -0.2) is 0 Å². The van der Waals surface area contributed by atoms with Crippen LogP contribution in [0.1, 0.15) is 55.0 Å². The predicted molar refractivity (Wildman–Crippen MR) is 113 cm³/mol. The Morgan fingerprint density at radius 1 is 0.962 bits per heavy atom. The van der Waals surface area contributed by atoms with E-state index < -0.39 is 0 Å². The van der Waals surface area contributed by atoms with Gasteiger partial charge in [0, 0.05) is 31.6 Å². The minimum Gasteiger partial charge on any atom is -0.381 e. The smallest absolute Gasteiger partial charge is 0.0172 e. The summed E-state index contributed by atoms with van der Waals surface area (Å²) < 4.78 is 0. The molecule has 2 aromatic carbocycles. The van der Waals surface area contributed by atoms with Gasteiger partial charge in [-0.3, -0.25) is 0 Å². The quantitative estimate of drug-likeness (QED) is 0.631. The summed E-state index contributed by atoms with van der Waals surface area (Å²) in [5, 5.41) is 0. The van der Waals surface area contributed by atoms with Gasteiger partial charge in [-0.1, -0.05) is 69.3 Å². The van der Waals surface area contributed by atoms with Crippen molar-refractivity contribution < 1.29 is 0 Å². The molecule has 0 saturated heterocycles. The number of hydrogen-bond acceptors (Lipinski definition) is 1. The molecule has 3 rings (SSSR count). The standard InChI is InChI=1S/C25H31N/c1-7-22-23(25(3,4)20-11-9-8-10-12-20)16-13-18(2)24(22)19-14-15-21(17-19)26(5)6/h8-16H,7,17H2,1-6H3. The van der Waals surface area contributed by atoms with Crippen LogP contribution in [0.4, 0.5) is 0 Å². The highest BCUT2D eigenvalue weighted by Crippen LogP contribution is 2.40. The van der Waals surface area contributed by atoms with Crippen LogP contribution in [0.3, 0.4) is 0 Å². The Kier molecular flexibility index (Phi) is 5.09. The zero-order valence-corrected chi connectivity index (χ0v) is 17.1. The molecule has 1 aliphatic carbocycles. The maximum atomic E-state index is 2.35. The van der Waals surface area contributed by atoms with Gasteiger partial charge in [0.05, 0.1) is 0 Å². The SMILES string of the molecule is CCc1c(C(C)(C)c2ccccc2)ccc(C)c1C1=CC=C(N(C)C)C1. The van der Waals surface area contributed by atoms with Crippen molar-refractivity contribution in [1.29, 1.82) is 0 Å². The van der Waals surface area contributed by atoms with Gasteiger partial charge >= 0.3 is 0 Å². The lowest BCUT2D eigenvalue weighted by Gasteiger charge is -2.31. The Bertz CT molecular complexity index is 851. The summed E-state index contributed by atoms with van der Waals surface area (Å²) in [5.41, 5.74) is 9.99. The summed E-state index contributed by atoms with van der Waals surface area (Å²) >= 11 is 0. The number of hydrogen-bond donors (Lipinski definition) is 0. The molecule has 1 aliphatic rings. The Morgan fingerprint density at radius 3 is 2.23 bits per heavy atom. The molecule has 0 unspecified atom stereocenters. The van der Waals surface area contributed by atoms with Crippen LogP contribution in [0.5, 0.6) is 0 Å². The van der Waals surface area contributed by atoms with E-state index in [1.54, 1.807) is 0 Å². The fraction of sp³-hybridized carbons (Fsp3) is 0.360. The number of benzene rings is 2. The minimum absolute atomic E-state index is 0.00791. The second-order valence-electron chi connectivity index (χ2n) is 8.05. The predicted octanol–water partition coefficient (Wildman–Crippen LogP) is 6.12. The molecule has 0 heterocycles. The summed E-state index contributed by atoms with van der Waals surface area (Å²) in [6.07, 6.45) is 6.66. The van der Waals surface area contributed by atoms with E-state index in [9.17, 15) is 0 Å². The Morgan fingerprint density at radius 2 is 1.65 bits per heavy atom. The summed E-state index contributed by atoms with van der Waals surface area (Å²) in [5.74, 6) is 0. The van der Waals surface area contributed by atoms with Crippen LogP contribution in [-0.4, -0.2) is 19.0 Å². The third-order valence-electron chi connectivity index (χ3n) is 5.79. The van der Waals surface area contributed by atoms with Crippen molar-refractivity contribution in [2.75, 3.05) is 14.1 Å². The normalized spacial score (nSPS) is 14.2. The summed E-state index contributed by atoms with van der Waals surface area (Å²) in [4.78, 5) is 2.22. The second kappa shape index (κ2) is 7.15. The second-order valence-corrected chi connectivity index (χ2v) is 8.05.